The summed E-state index contributed by atoms with van der Waals surface area (Å²) in [6.07, 6.45) is 1.83. The Morgan fingerprint density at radius 2 is 1.74 bits per heavy atom. The maximum atomic E-state index is 13.5. The lowest BCUT2D eigenvalue weighted by Gasteiger charge is -2.21. The minimum absolute atomic E-state index is 0.000237. The van der Waals surface area contributed by atoms with Crippen LogP contribution < -0.4 is 20.2 Å². The summed E-state index contributed by atoms with van der Waals surface area (Å²) < 4.78 is 39.4. The molecule has 38 heavy (non-hydrogen) atoms. The van der Waals surface area contributed by atoms with Gasteiger partial charge in [-0.1, -0.05) is 30.3 Å². The van der Waals surface area contributed by atoms with E-state index in [0.29, 0.717) is 33.6 Å². The van der Waals surface area contributed by atoms with Crippen LogP contribution in [0.1, 0.15) is 18.1 Å². The number of carbonyl (C=O) groups is 2. The van der Waals surface area contributed by atoms with Gasteiger partial charge < -0.3 is 14.8 Å². The minimum Gasteiger partial charge on any atom is -0.454 e. The van der Waals surface area contributed by atoms with E-state index in [1.54, 1.807) is 12.1 Å². The lowest BCUT2D eigenvalue weighted by atomic mass is 10.1. The number of nitrogens with zero attached hydrogens (tertiary/aromatic N) is 2. The van der Waals surface area contributed by atoms with Gasteiger partial charge in [0.05, 0.1) is 17.7 Å². The fourth-order valence-electron chi connectivity index (χ4n) is 3.65. The quantitative estimate of drug-likeness (QED) is 0.271. The van der Waals surface area contributed by atoms with Crippen molar-refractivity contribution in [3.05, 3.63) is 82.3 Å². The Labute approximate surface area is 228 Å². The van der Waals surface area contributed by atoms with Gasteiger partial charge in [-0.05, 0) is 64.3 Å². The lowest BCUT2D eigenvalue weighted by Crippen LogP contribution is -2.40. The van der Waals surface area contributed by atoms with E-state index in [1.165, 1.54) is 37.4 Å². The summed E-state index contributed by atoms with van der Waals surface area (Å²) in [5.41, 5.74) is 4.43. The van der Waals surface area contributed by atoms with Crippen LogP contribution in [-0.2, 0) is 26.0 Å². The minimum atomic E-state index is -4.03. The van der Waals surface area contributed by atoms with Gasteiger partial charge in [0.25, 0.3) is 5.91 Å². The number of anilines is 1. The molecular weight excluding hydrogens is 576 g/mol. The van der Waals surface area contributed by atoms with Gasteiger partial charge in [-0.25, -0.2) is 13.8 Å². The number of benzene rings is 3. The van der Waals surface area contributed by atoms with Crippen LogP contribution in [-0.4, -0.2) is 50.6 Å². The van der Waals surface area contributed by atoms with Crippen LogP contribution in [0, 0.1) is 0 Å². The SMILES string of the molecule is CC(=O)Nc1ccc(S(=O)(=O)N(CCc2ccccc2)CC(=O)N/N=C/c2cc3c(cc2Br)OCO3)cc1. The van der Waals surface area contributed by atoms with E-state index < -0.39 is 22.5 Å². The molecule has 1 aliphatic heterocycles. The van der Waals surface area contributed by atoms with Crippen molar-refractivity contribution >= 4 is 49.7 Å². The molecule has 12 heteroatoms. The average Bonchev–Trinajstić information content (AvgIpc) is 3.34. The van der Waals surface area contributed by atoms with Gasteiger partial charge in [-0.15, -0.1) is 0 Å². The van der Waals surface area contributed by atoms with Crippen molar-refractivity contribution in [3.8, 4) is 11.5 Å². The normalized spacial score (nSPS) is 12.6. The highest BCUT2D eigenvalue weighted by Crippen LogP contribution is 2.36. The van der Waals surface area contributed by atoms with E-state index in [-0.39, 0.29) is 24.1 Å². The molecule has 0 fully saturated rings. The number of carbonyl (C=O) groups excluding carboxylic acids is 2. The summed E-state index contributed by atoms with van der Waals surface area (Å²) in [5, 5.41) is 6.58. The van der Waals surface area contributed by atoms with Crippen molar-refractivity contribution in [1.82, 2.24) is 9.73 Å². The molecule has 0 saturated heterocycles. The molecule has 1 heterocycles. The first-order chi connectivity index (χ1) is 18.2. The first-order valence-corrected chi connectivity index (χ1v) is 13.8. The van der Waals surface area contributed by atoms with E-state index in [2.05, 4.69) is 31.8 Å². The maximum absolute atomic E-state index is 13.5. The Bertz CT molecular complexity index is 1450. The van der Waals surface area contributed by atoms with Crippen LogP contribution in [0.25, 0.3) is 0 Å². The second-order valence-corrected chi connectivity index (χ2v) is 11.1. The predicted molar refractivity (Wildman–Crippen MR) is 146 cm³/mol. The predicted octanol–water partition coefficient (Wildman–Crippen LogP) is 3.52. The topological polar surface area (TPSA) is 126 Å². The van der Waals surface area contributed by atoms with Crippen molar-refractivity contribution in [2.24, 2.45) is 5.10 Å². The van der Waals surface area contributed by atoms with Crippen LogP contribution in [0.2, 0.25) is 0 Å². The molecule has 10 nitrogen and oxygen atoms in total. The number of hydrogen-bond donors (Lipinski definition) is 2. The van der Waals surface area contributed by atoms with Crippen molar-refractivity contribution < 1.29 is 27.5 Å². The average molecular weight is 601 g/mol. The standard InChI is InChI=1S/C26H25BrN4O6S/c1-18(32)29-21-7-9-22(10-8-21)38(34,35)31(12-11-19-5-3-2-4-6-19)16-26(33)30-28-15-20-13-24-25(14-23(20)27)37-17-36-24/h2-10,13-15H,11-12,16-17H2,1H3,(H,29,32)(H,30,33)/b28-15+. The van der Waals surface area contributed by atoms with Gasteiger partial charge in [0, 0.05) is 29.2 Å². The van der Waals surface area contributed by atoms with Crippen LogP contribution in [0.3, 0.4) is 0 Å². The Morgan fingerprint density at radius 1 is 1.05 bits per heavy atom. The van der Waals surface area contributed by atoms with E-state index in [9.17, 15) is 18.0 Å². The summed E-state index contributed by atoms with van der Waals surface area (Å²) in [7, 11) is -4.03. The molecule has 1 aliphatic rings. The van der Waals surface area contributed by atoms with Crippen LogP contribution >= 0.6 is 15.9 Å². The van der Waals surface area contributed by atoms with Gasteiger partial charge in [-0.2, -0.15) is 9.41 Å². The number of rotatable bonds is 10. The van der Waals surface area contributed by atoms with Gasteiger partial charge in [0.2, 0.25) is 22.7 Å². The van der Waals surface area contributed by atoms with Gasteiger partial charge >= 0.3 is 0 Å². The third kappa shape index (κ3) is 6.97. The molecule has 2 N–H and O–H groups in total. The molecule has 0 aromatic heterocycles. The number of sulfonamides is 1. The third-order valence-electron chi connectivity index (χ3n) is 5.51. The summed E-state index contributed by atoms with van der Waals surface area (Å²) in [5.74, 6) is 0.283. The number of hydrazone groups is 1. The second-order valence-electron chi connectivity index (χ2n) is 8.30. The van der Waals surface area contributed by atoms with Crippen LogP contribution in [0.4, 0.5) is 5.69 Å². The molecule has 2 amide bonds. The third-order valence-corrected chi connectivity index (χ3v) is 8.06. The van der Waals surface area contributed by atoms with Crippen molar-refractivity contribution in [3.63, 3.8) is 0 Å². The molecular formula is C26H25BrN4O6S. The summed E-state index contributed by atoms with van der Waals surface area (Å²) in [6.45, 7) is 1.12. The number of amides is 2. The van der Waals surface area contributed by atoms with Crippen LogP contribution in [0.15, 0.2) is 81.2 Å². The Balaban J connectivity index is 1.48. The van der Waals surface area contributed by atoms with Gasteiger partial charge in [0.1, 0.15) is 0 Å². The van der Waals surface area contributed by atoms with E-state index >= 15 is 0 Å². The van der Waals surface area contributed by atoms with Gasteiger partial charge in [-0.3, -0.25) is 9.59 Å². The highest BCUT2D eigenvalue weighted by Gasteiger charge is 2.26. The van der Waals surface area contributed by atoms with Crippen molar-refractivity contribution in [1.29, 1.82) is 0 Å². The number of nitrogens with one attached hydrogen (secondary N) is 2. The Morgan fingerprint density at radius 3 is 2.42 bits per heavy atom. The fraction of sp³-hybridized carbons (Fsp3) is 0.192. The molecule has 0 atom stereocenters. The summed E-state index contributed by atoms with van der Waals surface area (Å²) in [6, 6.07) is 18.6. The summed E-state index contributed by atoms with van der Waals surface area (Å²) >= 11 is 3.42. The zero-order valence-corrected chi connectivity index (χ0v) is 22.8. The Kier molecular flexibility index (Phi) is 8.77. The zero-order valence-electron chi connectivity index (χ0n) is 20.4. The van der Waals surface area contributed by atoms with Crippen molar-refractivity contribution in [2.45, 2.75) is 18.2 Å². The molecule has 3 aromatic rings. The number of ether oxygens (including phenoxy) is 2. The smallest absolute Gasteiger partial charge is 0.255 e. The number of fused-ring (bicyclic) bond motifs is 1. The molecule has 0 spiro atoms. The maximum Gasteiger partial charge on any atom is 0.255 e. The van der Waals surface area contributed by atoms with Gasteiger partial charge in [0.15, 0.2) is 11.5 Å². The van der Waals surface area contributed by atoms with E-state index in [0.717, 1.165) is 9.87 Å². The molecule has 0 unspecified atom stereocenters. The Hall–Kier alpha value is -3.74. The fourth-order valence-corrected chi connectivity index (χ4v) is 5.47. The molecule has 0 aliphatic carbocycles. The molecule has 0 bridgehead atoms. The van der Waals surface area contributed by atoms with Crippen molar-refractivity contribution in [2.75, 3.05) is 25.2 Å². The second kappa shape index (κ2) is 12.2. The first kappa shape index (κ1) is 27.3. The highest BCUT2D eigenvalue weighted by molar-refractivity contribution is 9.10. The summed E-state index contributed by atoms with van der Waals surface area (Å²) in [4.78, 5) is 24.0. The highest BCUT2D eigenvalue weighted by atomic mass is 79.9. The molecule has 0 radical (unpaired) electrons. The number of halogens is 1. The zero-order chi connectivity index (χ0) is 27.1. The van der Waals surface area contributed by atoms with E-state index in [4.69, 9.17) is 9.47 Å². The monoisotopic (exact) mass is 600 g/mol. The van der Waals surface area contributed by atoms with E-state index in [1.807, 2.05) is 30.3 Å². The van der Waals surface area contributed by atoms with Crippen LogP contribution in [0.5, 0.6) is 11.5 Å². The molecule has 198 valence electrons. The molecule has 0 saturated carbocycles. The molecule has 3 aromatic carbocycles. The molecule has 4 rings (SSSR count). The number of hydrogen-bond acceptors (Lipinski definition) is 7. The lowest BCUT2D eigenvalue weighted by molar-refractivity contribution is -0.121. The first-order valence-electron chi connectivity index (χ1n) is 11.5. The largest absolute Gasteiger partial charge is 0.454 e.